The van der Waals surface area contributed by atoms with Gasteiger partial charge in [-0.1, -0.05) is 43.7 Å². The van der Waals surface area contributed by atoms with Crippen LogP contribution in [0.15, 0.2) is 34.9 Å². The summed E-state index contributed by atoms with van der Waals surface area (Å²) in [5.74, 6) is 2.00. The maximum Gasteiger partial charge on any atom is 0.134 e. The zero-order chi connectivity index (χ0) is 14.7. The van der Waals surface area contributed by atoms with E-state index >= 15 is 0 Å². The molecule has 2 rings (SSSR count). The van der Waals surface area contributed by atoms with Gasteiger partial charge in [-0.15, -0.1) is 0 Å². The molecular formula is C16H20BrN3. The van der Waals surface area contributed by atoms with Crippen LogP contribution >= 0.6 is 15.9 Å². The predicted octanol–water partition coefficient (Wildman–Crippen LogP) is 4.84. The minimum Gasteiger partial charge on any atom is -0.363 e. The van der Waals surface area contributed by atoms with E-state index in [2.05, 4.69) is 83.2 Å². The van der Waals surface area contributed by atoms with E-state index in [-0.39, 0.29) is 6.04 Å². The van der Waals surface area contributed by atoms with Crippen LogP contribution in [0.3, 0.4) is 0 Å². The van der Waals surface area contributed by atoms with Crippen LogP contribution in [0.4, 0.5) is 5.82 Å². The molecule has 0 spiro atoms. The molecule has 0 aliphatic rings. The fourth-order valence-corrected chi connectivity index (χ4v) is 2.33. The fourth-order valence-electron chi connectivity index (χ4n) is 1.93. The first-order valence-electron chi connectivity index (χ1n) is 6.83. The number of hydrogen-bond donors (Lipinski definition) is 1. The number of halogens is 1. The lowest BCUT2D eigenvalue weighted by Crippen LogP contribution is -2.10. The summed E-state index contributed by atoms with van der Waals surface area (Å²) in [4.78, 5) is 8.95. The van der Waals surface area contributed by atoms with E-state index in [4.69, 9.17) is 0 Å². The van der Waals surface area contributed by atoms with Crippen LogP contribution in [0.5, 0.6) is 0 Å². The number of aromatic nitrogens is 2. The van der Waals surface area contributed by atoms with Crippen molar-refractivity contribution in [2.24, 2.45) is 0 Å². The Morgan fingerprint density at radius 3 is 2.30 bits per heavy atom. The van der Waals surface area contributed by atoms with E-state index < -0.39 is 0 Å². The van der Waals surface area contributed by atoms with Crippen LogP contribution in [0.25, 0.3) is 0 Å². The maximum absolute atomic E-state index is 4.56. The van der Waals surface area contributed by atoms with Gasteiger partial charge in [0.05, 0.1) is 0 Å². The molecule has 1 unspecified atom stereocenters. The second-order valence-electron chi connectivity index (χ2n) is 5.37. The molecule has 0 fully saturated rings. The maximum atomic E-state index is 4.56. The Morgan fingerprint density at radius 1 is 1.05 bits per heavy atom. The van der Waals surface area contributed by atoms with Crippen molar-refractivity contribution >= 4 is 21.7 Å². The Morgan fingerprint density at radius 2 is 1.70 bits per heavy atom. The summed E-state index contributed by atoms with van der Waals surface area (Å²) in [6.07, 6.45) is 0. The standard InChI is InChI=1S/C16H20BrN3/c1-10(2)16-19-14(17)9-15(20-16)18-12(4)13-7-5-11(3)6-8-13/h5-10,12H,1-4H3,(H,18,19,20). The summed E-state index contributed by atoms with van der Waals surface area (Å²) >= 11 is 3.45. The van der Waals surface area contributed by atoms with Crippen molar-refractivity contribution in [3.63, 3.8) is 0 Å². The molecule has 0 amide bonds. The number of aryl methyl sites for hydroxylation is 1. The Labute approximate surface area is 129 Å². The molecule has 20 heavy (non-hydrogen) atoms. The van der Waals surface area contributed by atoms with E-state index in [1.54, 1.807) is 0 Å². The Bertz CT molecular complexity index is 579. The summed E-state index contributed by atoms with van der Waals surface area (Å²) in [6.45, 7) is 8.41. The molecule has 0 saturated heterocycles. The van der Waals surface area contributed by atoms with Crippen LogP contribution in [0.1, 0.15) is 49.7 Å². The first-order chi connectivity index (χ1) is 9.45. The van der Waals surface area contributed by atoms with E-state index in [0.717, 1.165) is 16.2 Å². The molecule has 0 aliphatic carbocycles. The quantitative estimate of drug-likeness (QED) is 0.813. The molecule has 0 aliphatic heterocycles. The van der Waals surface area contributed by atoms with Gasteiger partial charge in [0.15, 0.2) is 0 Å². The van der Waals surface area contributed by atoms with Crippen LogP contribution in [-0.4, -0.2) is 9.97 Å². The number of rotatable bonds is 4. The van der Waals surface area contributed by atoms with Crippen molar-refractivity contribution < 1.29 is 0 Å². The van der Waals surface area contributed by atoms with Crippen molar-refractivity contribution in [3.8, 4) is 0 Å². The zero-order valence-corrected chi connectivity index (χ0v) is 13.9. The molecule has 1 heterocycles. The molecule has 0 bridgehead atoms. The molecule has 3 nitrogen and oxygen atoms in total. The van der Waals surface area contributed by atoms with Crippen molar-refractivity contribution in [1.29, 1.82) is 0 Å². The second-order valence-corrected chi connectivity index (χ2v) is 6.18. The molecular weight excluding hydrogens is 314 g/mol. The molecule has 1 aromatic carbocycles. The Kier molecular flexibility index (Phi) is 4.76. The Hall–Kier alpha value is -1.42. The number of anilines is 1. The van der Waals surface area contributed by atoms with Crippen LogP contribution < -0.4 is 5.32 Å². The molecule has 0 saturated carbocycles. The highest BCUT2D eigenvalue weighted by Gasteiger charge is 2.10. The molecule has 1 aromatic heterocycles. The molecule has 2 aromatic rings. The SMILES string of the molecule is Cc1ccc(C(C)Nc2cc(Br)nc(C(C)C)n2)cc1. The summed E-state index contributed by atoms with van der Waals surface area (Å²) in [6, 6.07) is 10.7. The Balaban J connectivity index is 2.18. The lowest BCUT2D eigenvalue weighted by molar-refractivity contribution is 0.763. The normalized spacial score (nSPS) is 12.5. The molecule has 1 atom stereocenters. The van der Waals surface area contributed by atoms with Gasteiger partial charge in [-0.2, -0.15) is 0 Å². The van der Waals surface area contributed by atoms with Crippen LogP contribution in [0, 0.1) is 6.92 Å². The summed E-state index contributed by atoms with van der Waals surface area (Å²) in [7, 11) is 0. The minimum absolute atomic E-state index is 0.206. The third kappa shape index (κ3) is 3.79. The number of nitrogens with one attached hydrogen (secondary N) is 1. The smallest absolute Gasteiger partial charge is 0.134 e. The van der Waals surface area contributed by atoms with E-state index in [0.29, 0.717) is 5.92 Å². The van der Waals surface area contributed by atoms with E-state index in [1.165, 1.54) is 11.1 Å². The second kappa shape index (κ2) is 6.35. The zero-order valence-electron chi connectivity index (χ0n) is 12.3. The van der Waals surface area contributed by atoms with Gasteiger partial charge < -0.3 is 5.32 Å². The van der Waals surface area contributed by atoms with Crippen molar-refractivity contribution in [2.45, 2.75) is 39.7 Å². The van der Waals surface area contributed by atoms with Gasteiger partial charge in [-0.25, -0.2) is 9.97 Å². The lowest BCUT2D eigenvalue weighted by atomic mass is 10.1. The van der Waals surface area contributed by atoms with Gasteiger partial charge in [-0.3, -0.25) is 0 Å². The molecule has 1 N–H and O–H groups in total. The van der Waals surface area contributed by atoms with Gasteiger partial charge in [0.1, 0.15) is 16.2 Å². The third-order valence-electron chi connectivity index (χ3n) is 3.17. The predicted molar refractivity (Wildman–Crippen MR) is 87.0 cm³/mol. The molecule has 0 radical (unpaired) electrons. The third-order valence-corrected chi connectivity index (χ3v) is 3.58. The van der Waals surface area contributed by atoms with Crippen LogP contribution in [0.2, 0.25) is 0 Å². The first-order valence-corrected chi connectivity index (χ1v) is 7.62. The van der Waals surface area contributed by atoms with Gasteiger partial charge >= 0.3 is 0 Å². The van der Waals surface area contributed by atoms with Gasteiger partial charge in [0, 0.05) is 18.0 Å². The van der Waals surface area contributed by atoms with E-state index in [1.807, 2.05) is 6.07 Å². The average molecular weight is 334 g/mol. The fraction of sp³-hybridized carbons (Fsp3) is 0.375. The first kappa shape index (κ1) is 15.0. The number of hydrogen-bond acceptors (Lipinski definition) is 3. The lowest BCUT2D eigenvalue weighted by Gasteiger charge is -2.16. The van der Waals surface area contributed by atoms with Crippen molar-refractivity contribution in [3.05, 3.63) is 51.9 Å². The number of nitrogens with zero attached hydrogens (tertiary/aromatic N) is 2. The summed E-state index contributed by atoms with van der Waals surface area (Å²) in [5.41, 5.74) is 2.52. The molecule has 106 valence electrons. The summed E-state index contributed by atoms with van der Waals surface area (Å²) in [5, 5.41) is 3.43. The van der Waals surface area contributed by atoms with Gasteiger partial charge in [0.25, 0.3) is 0 Å². The average Bonchev–Trinajstić information content (AvgIpc) is 2.38. The highest BCUT2D eigenvalue weighted by atomic mass is 79.9. The minimum atomic E-state index is 0.206. The topological polar surface area (TPSA) is 37.8 Å². The monoisotopic (exact) mass is 333 g/mol. The van der Waals surface area contributed by atoms with Crippen molar-refractivity contribution in [1.82, 2.24) is 9.97 Å². The largest absolute Gasteiger partial charge is 0.363 e. The van der Waals surface area contributed by atoms with Crippen molar-refractivity contribution in [2.75, 3.05) is 5.32 Å². The van der Waals surface area contributed by atoms with E-state index in [9.17, 15) is 0 Å². The molecule has 4 heteroatoms. The summed E-state index contributed by atoms with van der Waals surface area (Å²) < 4.78 is 0.815. The van der Waals surface area contributed by atoms with Crippen LogP contribution in [-0.2, 0) is 0 Å². The number of benzene rings is 1. The highest BCUT2D eigenvalue weighted by molar-refractivity contribution is 9.10. The highest BCUT2D eigenvalue weighted by Crippen LogP contribution is 2.22. The van der Waals surface area contributed by atoms with Gasteiger partial charge in [-0.05, 0) is 35.3 Å². The van der Waals surface area contributed by atoms with Gasteiger partial charge in [0.2, 0.25) is 0 Å².